The number of aromatic nitrogens is 1. The van der Waals surface area contributed by atoms with Gasteiger partial charge in [-0.2, -0.15) is 0 Å². The lowest BCUT2D eigenvalue weighted by Crippen LogP contribution is -2.06. The van der Waals surface area contributed by atoms with Gasteiger partial charge in [-0.15, -0.1) is 0 Å². The van der Waals surface area contributed by atoms with Crippen LogP contribution >= 0.6 is 0 Å². The van der Waals surface area contributed by atoms with E-state index in [1.54, 1.807) is 25.4 Å². The minimum absolute atomic E-state index is 0.0155. The predicted octanol–water partition coefficient (Wildman–Crippen LogP) is 2.91. The number of methoxy groups -OCH3 is 2. The number of ketones is 1. The predicted molar refractivity (Wildman–Crippen MR) is 76.4 cm³/mol. The highest BCUT2D eigenvalue weighted by Gasteiger charge is 2.13. The first-order valence-corrected chi connectivity index (χ1v) is 6.39. The summed E-state index contributed by atoms with van der Waals surface area (Å²) in [6.45, 7) is 0. The van der Waals surface area contributed by atoms with Crippen LogP contribution in [0.3, 0.4) is 0 Å². The van der Waals surface area contributed by atoms with Crippen LogP contribution in [0.5, 0.6) is 11.5 Å². The SMILES string of the molecule is COc1ccc(CCC(=O)c2ncccc2OC)cc1. The molecular weight excluding hydrogens is 254 g/mol. The Morgan fingerprint density at radius 3 is 2.50 bits per heavy atom. The molecule has 0 fully saturated rings. The van der Waals surface area contributed by atoms with Crippen molar-refractivity contribution in [1.29, 1.82) is 0 Å². The fourth-order valence-electron chi connectivity index (χ4n) is 1.93. The molecule has 1 aromatic carbocycles. The summed E-state index contributed by atoms with van der Waals surface area (Å²) < 4.78 is 10.2. The average Bonchev–Trinajstić information content (AvgIpc) is 2.53. The number of Topliss-reactive ketones (excluding diaryl/α,β-unsaturated/α-hetero) is 1. The molecule has 2 aromatic rings. The molecular formula is C16H17NO3. The molecule has 0 aliphatic rings. The minimum Gasteiger partial charge on any atom is -0.497 e. The lowest BCUT2D eigenvalue weighted by atomic mass is 10.1. The van der Waals surface area contributed by atoms with Crippen molar-refractivity contribution in [3.63, 3.8) is 0 Å². The fourth-order valence-corrected chi connectivity index (χ4v) is 1.93. The smallest absolute Gasteiger partial charge is 0.185 e. The van der Waals surface area contributed by atoms with Crippen LogP contribution in [0.1, 0.15) is 22.5 Å². The van der Waals surface area contributed by atoms with Gasteiger partial charge in [0.25, 0.3) is 0 Å². The summed E-state index contributed by atoms with van der Waals surface area (Å²) in [6, 6.07) is 11.2. The monoisotopic (exact) mass is 271 g/mol. The Morgan fingerprint density at radius 1 is 1.10 bits per heavy atom. The zero-order valence-electron chi connectivity index (χ0n) is 11.6. The maximum Gasteiger partial charge on any atom is 0.185 e. The summed E-state index contributed by atoms with van der Waals surface area (Å²) in [5, 5.41) is 0. The van der Waals surface area contributed by atoms with Crippen LogP contribution < -0.4 is 9.47 Å². The van der Waals surface area contributed by atoms with E-state index in [4.69, 9.17) is 9.47 Å². The quantitative estimate of drug-likeness (QED) is 0.758. The number of rotatable bonds is 6. The summed E-state index contributed by atoms with van der Waals surface area (Å²) in [7, 11) is 3.17. The van der Waals surface area contributed by atoms with Gasteiger partial charge in [-0.05, 0) is 36.2 Å². The van der Waals surface area contributed by atoms with E-state index in [1.165, 1.54) is 7.11 Å². The van der Waals surface area contributed by atoms with Crippen LogP contribution in [-0.2, 0) is 6.42 Å². The molecule has 0 saturated carbocycles. The summed E-state index contributed by atoms with van der Waals surface area (Å²) in [4.78, 5) is 16.2. The highest BCUT2D eigenvalue weighted by Crippen LogP contribution is 2.18. The van der Waals surface area contributed by atoms with Gasteiger partial charge in [0.05, 0.1) is 14.2 Å². The minimum atomic E-state index is -0.0155. The van der Waals surface area contributed by atoms with E-state index in [1.807, 2.05) is 24.3 Å². The zero-order valence-corrected chi connectivity index (χ0v) is 11.6. The van der Waals surface area contributed by atoms with E-state index in [0.29, 0.717) is 24.3 Å². The Balaban J connectivity index is 2.01. The van der Waals surface area contributed by atoms with E-state index in [2.05, 4.69) is 4.98 Å². The van der Waals surface area contributed by atoms with Gasteiger partial charge < -0.3 is 9.47 Å². The van der Waals surface area contributed by atoms with Gasteiger partial charge in [0, 0.05) is 12.6 Å². The van der Waals surface area contributed by atoms with Crippen LogP contribution in [0.25, 0.3) is 0 Å². The van der Waals surface area contributed by atoms with Gasteiger partial charge in [0.2, 0.25) is 0 Å². The molecule has 0 N–H and O–H groups in total. The number of ether oxygens (including phenoxy) is 2. The Kier molecular flexibility index (Phi) is 4.71. The van der Waals surface area contributed by atoms with Crippen LogP contribution in [0.4, 0.5) is 0 Å². The first-order valence-electron chi connectivity index (χ1n) is 6.39. The topological polar surface area (TPSA) is 48.4 Å². The largest absolute Gasteiger partial charge is 0.497 e. The maximum atomic E-state index is 12.2. The van der Waals surface area contributed by atoms with Gasteiger partial charge in [-0.3, -0.25) is 4.79 Å². The molecule has 0 spiro atoms. The molecule has 0 bridgehead atoms. The second kappa shape index (κ2) is 6.70. The molecule has 4 nitrogen and oxygen atoms in total. The second-order valence-corrected chi connectivity index (χ2v) is 4.33. The molecule has 1 heterocycles. The molecule has 0 unspecified atom stereocenters. The van der Waals surface area contributed by atoms with Crippen molar-refractivity contribution in [2.75, 3.05) is 14.2 Å². The van der Waals surface area contributed by atoms with Crippen LogP contribution in [0, 0.1) is 0 Å². The molecule has 0 aliphatic carbocycles. The standard InChI is InChI=1S/C16H17NO3/c1-19-13-8-5-12(6-9-13)7-10-14(18)16-15(20-2)4-3-11-17-16/h3-6,8-9,11H,7,10H2,1-2H3. The number of benzene rings is 1. The summed E-state index contributed by atoms with van der Waals surface area (Å²) >= 11 is 0. The molecule has 104 valence electrons. The number of nitrogens with zero attached hydrogens (tertiary/aromatic N) is 1. The highest BCUT2D eigenvalue weighted by atomic mass is 16.5. The third kappa shape index (κ3) is 3.35. The molecule has 1 aromatic heterocycles. The summed E-state index contributed by atoms with van der Waals surface area (Å²) in [5.41, 5.74) is 1.48. The lowest BCUT2D eigenvalue weighted by Gasteiger charge is -2.06. The van der Waals surface area contributed by atoms with Gasteiger partial charge in [-0.25, -0.2) is 4.98 Å². The van der Waals surface area contributed by atoms with Gasteiger partial charge >= 0.3 is 0 Å². The number of aryl methyl sites for hydroxylation is 1. The number of carbonyl (C=O) groups is 1. The Bertz CT molecular complexity index is 579. The Hall–Kier alpha value is -2.36. The van der Waals surface area contributed by atoms with E-state index < -0.39 is 0 Å². The number of hydrogen-bond donors (Lipinski definition) is 0. The van der Waals surface area contributed by atoms with Crippen LogP contribution in [0.2, 0.25) is 0 Å². The molecule has 0 amide bonds. The van der Waals surface area contributed by atoms with E-state index in [-0.39, 0.29) is 5.78 Å². The van der Waals surface area contributed by atoms with Crippen molar-refractivity contribution < 1.29 is 14.3 Å². The molecule has 4 heteroatoms. The normalized spacial score (nSPS) is 10.1. The van der Waals surface area contributed by atoms with E-state index >= 15 is 0 Å². The summed E-state index contributed by atoms with van der Waals surface area (Å²) in [6.07, 6.45) is 2.67. The second-order valence-electron chi connectivity index (χ2n) is 4.33. The van der Waals surface area contributed by atoms with Crippen molar-refractivity contribution in [3.05, 3.63) is 53.9 Å². The van der Waals surface area contributed by atoms with Crippen LogP contribution in [-0.4, -0.2) is 25.0 Å². The molecule has 0 atom stereocenters. The molecule has 2 rings (SSSR count). The maximum absolute atomic E-state index is 12.2. The summed E-state index contributed by atoms with van der Waals surface area (Å²) in [5.74, 6) is 1.32. The molecule has 20 heavy (non-hydrogen) atoms. The number of pyridine rings is 1. The third-order valence-electron chi connectivity index (χ3n) is 3.05. The van der Waals surface area contributed by atoms with Crippen molar-refractivity contribution in [1.82, 2.24) is 4.98 Å². The zero-order chi connectivity index (χ0) is 14.4. The van der Waals surface area contributed by atoms with Crippen molar-refractivity contribution in [2.45, 2.75) is 12.8 Å². The molecule has 0 saturated heterocycles. The van der Waals surface area contributed by atoms with E-state index in [9.17, 15) is 4.79 Å². The number of carbonyl (C=O) groups excluding carboxylic acids is 1. The van der Waals surface area contributed by atoms with Crippen molar-refractivity contribution in [2.24, 2.45) is 0 Å². The lowest BCUT2D eigenvalue weighted by molar-refractivity contribution is 0.0975. The van der Waals surface area contributed by atoms with Gasteiger partial charge in [-0.1, -0.05) is 12.1 Å². The first-order chi connectivity index (χ1) is 9.74. The van der Waals surface area contributed by atoms with E-state index in [0.717, 1.165) is 11.3 Å². The Labute approximate surface area is 118 Å². The molecule has 0 aliphatic heterocycles. The van der Waals surface area contributed by atoms with Crippen molar-refractivity contribution >= 4 is 5.78 Å². The Morgan fingerprint density at radius 2 is 1.85 bits per heavy atom. The highest BCUT2D eigenvalue weighted by molar-refractivity contribution is 5.96. The third-order valence-corrected chi connectivity index (χ3v) is 3.05. The van der Waals surface area contributed by atoms with Crippen molar-refractivity contribution in [3.8, 4) is 11.5 Å². The fraction of sp³-hybridized carbons (Fsp3) is 0.250. The van der Waals surface area contributed by atoms with Crippen LogP contribution in [0.15, 0.2) is 42.6 Å². The van der Waals surface area contributed by atoms with Gasteiger partial charge in [0.1, 0.15) is 17.2 Å². The van der Waals surface area contributed by atoms with Gasteiger partial charge in [0.15, 0.2) is 5.78 Å². The molecule has 0 radical (unpaired) electrons. The number of hydrogen-bond acceptors (Lipinski definition) is 4. The average molecular weight is 271 g/mol. The first kappa shape index (κ1) is 14.1.